The fourth-order valence-electron chi connectivity index (χ4n) is 5.11. The van der Waals surface area contributed by atoms with Gasteiger partial charge in [0, 0.05) is 92.3 Å². The van der Waals surface area contributed by atoms with E-state index in [0.29, 0.717) is 0 Å². The smallest absolute Gasteiger partial charge is 0.0522 e. The van der Waals surface area contributed by atoms with Gasteiger partial charge in [0.05, 0.1) is 11.4 Å². The van der Waals surface area contributed by atoms with Gasteiger partial charge in [-0.3, -0.25) is 0 Å². The van der Waals surface area contributed by atoms with Crippen molar-refractivity contribution in [3.8, 4) is 22.5 Å². The van der Waals surface area contributed by atoms with E-state index < -0.39 is 0 Å². The average Bonchev–Trinajstić information content (AvgIpc) is 3.34. The minimum absolute atomic E-state index is 1.16. The highest BCUT2D eigenvalue weighted by Crippen LogP contribution is 2.44. The summed E-state index contributed by atoms with van der Waals surface area (Å²) in [6.07, 6.45) is 0. The summed E-state index contributed by atoms with van der Waals surface area (Å²) in [4.78, 5) is 14.0. The third kappa shape index (κ3) is 3.72. The van der Waals surface area contributed by atoms with Gasteiger partial charge in [0.15, 0.2) is 0 Å². The molecule has 0 saturated heterocycles. The highest BCUT2D eigenvalue weighted by Gasteiger charge is 2.22. The lowest BCUT2D eigenvalue weighted by Crippen LogP contribution is -2.11. The van der Waals surface area contributed by atoms with Crippen LogP contribution in [0.5, 0.6) is 0 Å². The van der Waals surface area contributed by atoms with Crippen LogP contribution in [0.25, 0.3) is 44.3 Å². The summed E-state index contributed by atoms with van der Waals surface area (Å²) < 4.78 is 0. The van der Waals surface area contributed by atoms with Gasteiger partial charge in [0.25, 0.3) is 0 Å². The summed E-state index contributed by atoms with van der Waals surface area (Å²) in [5.74, 6) is 0. The first-order valence-corrected chi connectivity index (χ1v) is 12.1. The van der Waals surface area contributed by atoms with Crippen molar-refractivity contribution in [3.63, 3.8) is 0 Å². The van der Waals surface area contributed by atoms with Gasteiger partial charge >= 0.3 is 0 Å². The zero-order chi connectivity index (χ0) is 25.0. The molecule has 0 fully saturated rings. The van der Waals surface area contributed by atoms with Gasteiger partial charge in [-0.2, -0.15) is 0 Å². The SMILES string of the molecule is Cc1c(-c2cccc(N(C)C)c2-c2[nH]c3cc(N(C)C)ccc3c2C)[nH]c2cc(N(C)C)ccc12. The molecule has 0 spiro atoms. The maximum atomic E-state index is 3.78. The molecule has 0 radical (unpaired) electrons. The van der Waals surface area contributed by atoms with Crippen LogP contribution in [0.2, 0.25) is 0 Å². The van der Waals surface area contributed by atoms with E-state index in [4.69, 9.17) is 0 Å². The fourth-order valence-corrected chi connectivity index (χ4v) is 5.11. The van der Waals surface area contributed by atoms with E-state index in [2.05, 4.69) is 135 Å². The molecule has 3 aromatic carbocycles. The molecule has 0 atom stereocenters. The summed E-state index contributed by atoms with van der Waals surface area (Å²) in [7, 11) is 12.6. The predicted molar refractivity (Wildman–Crippen MR) is 153 cm³/mol. The molecule has 5 rings (SSSR count). The number of fused-ring (bicyclic) bond motifs is 2. The molecule has 35 heavy (non-hydrogen) atoms. The number of hydrogen-bond acceptors (Lipinski definition) is 3. The molecule has 0 amide bonds. The van der Waals surface area contributed by atoms with Crippen molar-refractivity contribution in [2.75, 3.05) is 57.0 Å². The van der Waals surface area contributed by atoms with Gasteiger partial charge < -0.3 is 24.7 Å². The Bertz CT molecular complexity index is 1550. The van der Waals surface area contributed by atoms with Crippen LogP contribution in [0.1, 0.15) is 11.1 Å². The molecule has 2 N–H and O–H groups in total. The van der Waals surface area contributed by atoms with Gasteiger partial charge in [-0.15, -0.1) is 0 Å². The standard InChI is InChI=1S/C30H35N5/c1-18-22-14-12-20(33(3)4)16-25(22)31-29(18)24-10-9-11-27(35(7)8)28(24)30-19(2)23-15-13-21(34(5)6)17-26(23)32-30/h9-17,31-32H,1-8H3. The lowest BCUT2D eigenvalue weighted by Gasteiger charge is -2.21. The normalized spacial score (nSPS) is 11.4. The number of aryl methyl sites for hydroxylation is 2. The van der Waals surface area contributed by atoms with Gasteiger partial charge in [0.2, 0.25) is 0 Å². The molecular formula is C30H35N5. The minimum Gasteiger partial charge on any atom is -0.378 e. The van der Waals surface area contributed by atoms with E-state index in [-0.39, 0.29) is 0 Å². The Morgan fingerprint density at radius 3 is 1.60 bits per heavy atom. The number of aromatic amines is 2. The van der Waals surface area contributed by atoms with Crippen molar-refractivity contribution in [1.29, 1.82) is 0 Å². The Labute approximate surface area is 208 Å². The quantitative estimate of drug-likeness (QED) is 0.300. The Hall–Kier alpha value is -3.86. The molecule has 0 aliphatic carbocycles. The average molecular weight is 466 g/mol. The number of aromatic nitrogens is 2. The van der Waals surface area contributed by atoms with Crippen LogP contribution < -0.4 is 14.7 Å². The van der Waals surface area contributed by atoms with Crippen LogP contribution >= 0.6 is 0 Å². The zero-order valence-corrected chi connectivity index (χ0v) is 22.0. The number of anilines is 3. The second kappa shape index (κ2) is 8.42. The Balaban J connectivity index is 1.79. The molecule has 0 saturated carbocycles. The maximum absolute atomic E-state index is 3.78. The van der Waals surface area contributed by atoms with Crippen molar-refractivity contribution in [2.45, 2.75) is 13.8 Å². The van der Waals surface area contributed by atoms with Gasteiger partial charge in [-0.05, 0) is 55.3 Å². The molecule has 5 nitrogen and oxygen atoms in total. The molecular weight excluding hydrogens is 430 g/mol. The molecule has 5 heteroatoms. The van der Waals surface area contributed by atoms with Gasteiger partial charge in [-0.25, -0.2) is 0 Å². The van der Waals surface area contributed by atoms with Crippen LogP contribution in [0.15, 0.2) is 54.6 Å². The van der Waals surface area contributed by atoms with E-state index in [1.165, 1.54) is 61.5 Å². The number of nitrogens with zero attached hydrogens (tertiary/aromatic N) is 3. The van der Waals surface area contributed by atoms with Crippen molar-refractivity contribution in [2.24, 2.45) is 0 Å². The molecule has 0 aliphatic rings. The van der Waals surface area contributed by atoms with Crippen molar-refractivity contribution in [1.82, 2.24) is 9.97 Å². The van der Waals surface area contributed by atoms with Crippen LogP contribution in [-0.2, 0) is 0 Å². The molecule has 5 aromatic rings. The summed E-state index contributed by atoms with van der Waals surface area (Å²) in [6, 6.07) is 19.9. The molecule has 180 valence electrons. The Morgan fingerprint density at radius 1 is 0.571 bits per heavy atom. The lowest BCUT2D eigenvalue weighted by atomic mass is 9.95. The molecule has 2 aromatic heterocycles. The fraction of sp³-hybridized carbons (Fsp3) is 0.267. The third-order valence-electron chi connectivity index (χ3n) is 7.16. The lowest BCUT2D eigenvalue weighted by molar-refractivity contribution is 1.13. The van der Waals surface area contributed by atoms with E-state index >= 15 is 0 Å². The van der Waals surface area contributed by atoms with E-state index in [0.717, 1.165) is 11.0 Å². The molecule has 0 bridgehead atoms. The summed E-state index contributed by atoms with van der Waals surface area (Å²) in [5.41, 5.74) is 13.2. The van der Waals surface area contributed by atoms with Crippen molar-refractivity contribution < 1.29 is 0 Å². The first-order chi connectivity index (χ1) is 16.7. The van der Waals surface area contributed by atoms with E-state index in [1.807, 2.05) is 0 Å². The predicted octanol–water partition coefficient (Wildman–Crippen LogP) is 6.80. The second-order valence-electron chi connectivity index (χ2n) is 10.1. The van der Waals surface area contributed by atoms with Crippen LogP contribution in [0.4, 0.5) is 17.1 Å². The van der Waals surface area contributed by atoms with Crippen molar-refractivity contribution in [3.05, 3.63) is 65.7 Å². The van der Waals surface area contributed by atoms with Gasteiger partial charge in [-0.1, -0.05) is 24.3 Å². The first-order valence-electron chi connectivity index (χ1n) is 12.1. The Morgan fingerprint density at radius 2 is 1.09 bits per heavy atom. The van der Waals surface area contributed by atoms with Crippen molar-refractivity contribution >= 4 is 38.9 Å². The number of rotatable bonds is 5. The zero-order valence-electron chi connectivity index (χ0n) is 22.0. The largest absolute Gasteiger partial charge is 0.378 e. The molecule has 2 heterocycles. The highest BCUT2D eigenvalue weighted by molar-refractivity contribution is 6.02. The molecule has 0 aliphatic heterocycles. The maximum Gasteiger partial charge on any atom is 0.0522 e. The molecule has 0 unspecified atom stereocenters. The monoisotopic (exact) mass is 465 g/mol. The number of hydrogen-bond donors (Lipinski definition) is 2. The second-order valence-corrected chi connectivity index (χ2v) is 10.1. The summed E-state index contributed by atoms with van der Waals surface area (Å²) in [6.45, 7) is 4.44. The third-order valence-corrected chi connectivity index (χ3v) is 7.16. The van der Waals surface area contributed by atoms with E-state index in [9.17, 15) is 0 Å². The number of nitrogens with one attached hydrogen (secondary N) is 2. The van der Waals surface area contributed by atoms with Gasteiger partial charge in [0.1, 0.15) is 0 Å². The topological polar surface area (TPSA) is 41.3 Å². The van der Waals surface area contributed by atoms with Crippen LogP contribution in [0.3, 0.4) is 0 Å². The van der Waals surface area contributed by atoms with E-state index in [1.54, 1.807) is 0 Å². The highest BCUT2D eigenvalue weighted by atomic mass is 15.1. The summed E-state index contributed by atoms with van der Waals surface area (Å²) >= 11 is 0. The number of benzene rings is 3. The number of H-pyrrole nitrogens is 2. The van der Waals surface area contributed by atoms with Crippen LogP contribution in [-0.4, -0.2) is 52.3 Å². The minimum atomic E-state index is 1.16. The Kier molecular flexibility index (Phi) is 5.51. The first kappa shape index (κ1) is 22.9. The van der Waals surface area contributed by atoms with Crippen LogP contribution in [0, 0.1) is 13.8 Å². The summed E-state index contributed by atoms with van der Waals surface area (Å²) in [5, 5.41) is 2.52.